The van der Waals surface area contributed by atoms with E-state index in [1.54, 1.807) is 26.9 Å². The van der Waals surface area contributed by atoms with Gasteiger partial charge in [-0.15, -0.1) is 0 Å². The van der Waals surface area contributed by atoms with Crippen LogP contribution in [0.1, 0.15) is 48.7 Å². The Labute approximate surface area is 299 Å². The fourth-order valence-corrected chi connectivity index (χ4v) is 7.91. The zero-order valence-electron chi connectivity index (χ0n) is 29.8. The third kappa shape index (κ3) is 7.43. The summed E-state index contributed by atoms with van der Waals surface area (Å²) in [5.41, 5.74) is 1.86. The number of hydrogen-bond donors (Lipinski definition) is 2. The number of ether oxygens (including phenoxy) is 1. The van der Waals surface area contributed by atoms with Gasteiger partial charge in [0.25, 0.3) is 5.91 Å². The molecule has 2 aromatic carbocycles. The summed E-state index contributed by atoms with van der Waals surface area (Å²) in [6, 6.07) is 18.7. The van der Waals surface area contributed by atoms with Gasteiger partial charge in [-0.1, -0.05) is 74.5 Å². The molecule has 51 heavy (non-hydrogen) atoms. The molecule has 3 saturated heterocycles. The van der Waals surface area contributed by atoms with E-state index in [0.29, 0.717) is 64.5 Å². The van der Waals surface area contributed by atoms with E-state index >= 15 is 0 Å². The van der Waals surface area contributed by atoms with Crippen molar-refractivity contribution in [1.29, 1.82) is 0 Å². The Morgan fingerprint density at radius 1 is 0.902 bits per heavy atom. The van der Waals surface area contributed by atoms with Crippen LogP contribution in [0.4, 0.5) is 0 Å². The van der Waals surface area contributed by atoms with Gasteiger partial charge in [0.2, 0.25) is 17.7 Å². The number of nitrogens with zero attached hydrogens (tertiary/aromatic N) is 5. The first-order valence-corrected chi connectivity index (χ1v) is 18.1. The number of carbonyl (C=O) groups is 4. The summed E-state index contributed by atoms with van der Waals surface area (Å²) in [5.74, 6) is -1.20. The van der Waals surface area contributed by atoms with Crippen LogP contribution in [0.2, 0.25) is 0 Å². The van der Waals surface area contributed by atoms with Crippen LogP contribution in [-0.4, -0.2) is 113 Å². The molecule has 3 aliphatic heterocycles. The number of carbonyl (C=O) groups excluding carboxylic acids is 4. The summed E-state index contributed by atoms with van der Waals surface area (Å²) in [5, 5.41) is 10.8. The normalized spacial score (nSPS) is 23.0. The maximum Gasteiger partial charge on any atom is 0.257 e. The van der Waals surface area contributed by atoms with Crippen LogP contribution < -0.4 is 10.6 Å². The number of amides is 4. The van der Waals surface area contributed by atoms with E-state index in [9.17, 15) is 19.2 Å². The molecule has 270 valence electrons. The maximum atomic E-state index is 14.5. The SMILES string of the molecule is C[C@@H](OCc1ccccc1)[C@H](NC(=O)C1CN(C(=O)c2cnn(Cc3ccccc3)c2)CC12CN(C(=O)[C@H]1CC1(C)C)C2)C(=O)N1CCNCC1. The molecule has 1 aliphatic carbocycles. The molecule has 0 bridgehead atoms. The number of aromatic nitrogens is 2. The molecule has 4 aliphatic rings. The van der Waals surface area contributed by atoms with E-state index in [4.69, 9.17) is 4.74 Å². The Morgan fingerprint density at radius 3 is 2.18 bits per heavy atom. The molecule has 12 nitrogen and oxygen atoms in total. The zero-order chi connectivity index (χ0) is 35.8. The standard InChI is InChI=1S/C39H49N7O5/c1-27(51-23-29-12-8-5-9-13-29)33(37(50)43-16-14-40-15-17-43)42-34(47)32-22-44(24-39(32)25-45(26-39)36(49)31-18-38(31,2)3)35(48)30-19-41-46(21-30)20-28-10-6-4-7-11-28/h4-13,19,21,27,31-33,40H,14-18,20,22-26H2,1-3H3,(H,42,47)/t27-,31-,32?,33+/m1/s1. The highest BCUT2D eigenvalue weighted by atomic mass is 16.5. The molecular weight excluding hydrogens is 646 g/mol. The van der Waals surface area contributed by atoms with Crippen LogP contribution in [0.15, 0.2) is 73.1 Å². The van der Waals surface area contributed by atoms with Gasteiger partial charge in [0.15, 0.2) is 0 Å². The maximum absolute atomic E-state index is 14.5. The summed E-state index contributed by atoms with van der Waals surface area (Å²) in [7, 11) is 0. The number of benzene rings is 2. The Hall–Kier alpha value is -4.55. The van der Waals surface area contributed by atoms with Crippen molar-refractivity contribution in [3.8, 4) is 0 Å². The van der Waals surface area contributed by atoms with Gasteiger partial charge in [-0.05, 0) is 29.9 Å². The first-order valence-electron chi connectivity index (χ1n) is 18.1. The quantitative estimate of drug-likeness (QED) is 0.316. The second kappa shape index (κ2) is 14.2. The van der Waals surface area contributed by atoms with Crippen LogP contribution in [-0.2, 0) is 32.3 Å². The van der Waals surface area contributed by atoms with Crippen LogP contribution >= 0.6 is 0 Å². The van der Waals surface area contributed by atoms with E-state index in [0.717, 1.165) is 17.5 Å². The van der Waals surface area contributed by atoms with Gasteiger partial charge in [-0.3, -0.25) is 23.9 Å². The van der Waals surface area contributed by atoms with Crippen molar-refractivity contribution in [3.05, 3.63) is 89.7 Å². The minimum atomic E-state index is -0.914. The third-order valence-electron chi connectivity index (χ3n) is 11.3. The summed E-state index contributed by atoms with van der Waals surface area (Å²) in [4.78, 5) is 61.2. The molecule has 4 fully saturated rings. The molecule has 1 spiro atoms. The first-order chi connectivity index (χ1) is 24.5. The van der Waals surface area contributed by atoms with Gasteiger partial charge >= 0.3 is 0 Å². The van der Waals surface area contributed by atoms with Gasteiger partial charge in [0.1, 0.15) is 6.04 Å². The molecule has 0 radical (unpaired) electrons. The number of piperazine rings is 1. The van der Waals surface area contributed by atoms with E-state index in [1.807, 2.05) is 72.5 Å². The molecule has 7 rings (SSSR count). The third-order valence-corrected chi connectivity index (χ3v) is 11.3. The van der Waals surface area contributed by atoms with E-state index in [1.165, 1.54) is 0 Å². The lowest BCUT2D eigenvalue weighted by molar-refractivity contribution is -0.153. The van der Waals surface area contributed by atoms with Gasteiger partial charge in [-0.2, -0.15) is 5.10 Å². The largest absolute Gasteiger partial charge is 0.371 e. The smallest absolute Gasteiger partial charge is 0.257 e. The Morgan fingerprint density at radius 2 is 1.53 bits per heavy atom. The van der Waals surface area contributed by atoms with Gasteiger partial charge in [0, 0.05) is 69.9 Å². The summed E-state index contributed by atoms with van der Waals surface area (Å²) < 4.78 is 7.96. The van der Waals surface area contributed by atoms with E-state index < -0.39 is 23.5 Å². The second-order valence-corrected chi connectivity index (χ2v) is 15.5. The lowest BCUT2D eigenvalue weighted by Gasteiger charge is -2.50. The molecule has 4 atom stereocenters. The molecule has 12 heteroatoms. The second-order valence-electron chi connectivity index (χ2n) is 15.5. The summed E-state index contributed by atoms with van der Waals surface area (Å²) >= 11 is 0. The lowest BCUT2D eigenvalue weighted by Crippen LogP contribution is -2.66. The molecule has 4 heterocycles. The fraction of sp³-hybridized carbons (Fsp3) is 0.513. The van der Waals surface area contributed by atoms with Crippen LogP contribution in [0.3, 0.4) is 0 Å². The minimum Gasteiger partial charge on any atom is -0.371 e. The van der Waals surface area contributed by atoms with E-state index in [2.05, 4.69) is 29.6 Å². The van der Waals surface area contributed by atoms with Crippen LogP contribution in [0.25, 0.3) is 0 Å². The average Bonchev–Trinajstić information content (AvgIpc) is 3.42. The highest BCUT2D eigenvalue weighted by Gasteiger charge is 2.62. The fourth-order valence-electron chi connectivity index (χ4n) is 7.91. The minimum absolute atomic E-state index is 0.0123. The first kappa shape index (κ1) is 34.9. The molecule has 4 amide bonds. The highest BCUT2D eigenvalue weighted by Crippen LogP contribution is 2.54. The number of rotatable bonds is 11. The van der Waals surface area contributed by atoms with Gasteiger partial charge in [-0.25, -0.2) is 0 Å². The molecular formula is C39H49N7O5. The molecule has 1 saturated carbocycles. The molecule has 1 aromatic heterocycles. The van der Waals surface area contributed by atoms with Crippen LogP contribution in [0, 0.1) is 22.7 Å². The van der Waals surface area contributed by atoms with Crippen molar-refractivity contribution in [2.75, 3.05) is 52.4 Å². The molecule has 1 unspecified atom stereocenters. The van der Waals surface area contributed by atoms with Crippen LogP contribution in [0.5, 0.6) is 0 Å². The predicted molar refractivity (Wildman–Crippen MR) is 190 cm³/mol. The van der Waals surface area contributed by atoms with Crippen molar-refractivity contribution >= 4 is 23.6 Å². The number of hydrogen-bond acceptors (Lipinski definition) is 7. The average molecular weight is 696 g/mol. The number of nitrogens with one attached hydrogen (secondary N) is 2. The topological polar surface area (TPSA) is 129 Å². The van der Waals surface area contributed by atoms with Crippen molar-refractivity contribution in [1.82, 2.24) is 35.1 Å². The zero-order valence-corrected chi connectivity index (χ0v) is 29.8. The monoisotopic (exact) mass is 695 g/mol. The Balaban J connectivity index is 1.10. The van der Waals surface area contributed by atoms with Crippen molar-refractivity contribution in [2.24, 2.45) is 22.7 Å². The van der Waals surface area contributed by atoms with Gasteiger partial charge in [0.05, 0.1) is 36.9 Å². The summed E-state index contributed by atoms with van der Waals surface area (Å²) in [6.45, 7) is 10.6. The Kier molecular flexibility index (Phi) is 9.73. The summed E-state index contributed by atoms with van der Waals surface area (Å²) in [6.07, 6.45) is 3.56. The van der Waals surface area contributed by atoms with Crippen molar-refractivity contribution in [3.63, 3.8) is 0 Å². The molecule has 2 N–H and O–H groups in total. The lowest BCUT2D eigenvalue weighted by atomic mass is 9.70. The predicted octanol–water partition coefficient (Wildman–Crippen LogP) is 2.40. The molecule has 3 aromatic rings. The van der Waals surface area contributed by atoms with Gasteiger partial charge < -0.3 is 30.1 Å². The van der Waals surface area contributed by atoms with Crippen molar-refractivity contribution < 1.29 is 23.9 Å². The van der Waals surface area contributed by atoms with E-state index in [-0.39, 0.29) is 41.5 Å². The Bertz CT molecular complexity index is 1730. The highest BCUT2D eigenvalue weighted by molar-refractivity contribution is 5.96. The number of likely N-dealkylation sites (tertiary alicyclic amines) is 2. The van der Waals surface area contributed by atoms with Crippen molar-refractivity contribution in [2.45, 2.75) is 52.5 Å².